The van der Waals surface area contributed by atoms with Gasteiger partial charge in [-0.05, 0) is 23.9 Å². The van der Waals surface area contributed by atoms with Gasteiger partial charge in [-0.1, -0.05) is 0 Å². The summed E-state index contributed by atoms with van der Waals surface area (Å²) >= 11 is 1.25. The number of carboxylic acids is 1. The van der Waals surface area contributed by atoms with Crippen LogP contribution in [-0.4, -0.2) is 53.0 Å². The van der Waals surface area contributed by atoms with E-state index in [1.165, 1.54) is 11.3 Å². The molecular formula is C12H17NO4S. The zero-order valence-corrected chi connectivity index (χ0v) is 11.0. The highest BCUT2D eigenvalue weighted by Crippen LogP contribution is 2.21. The molecule has 0 bridgehead atoms. The van der Waals surface area contributed by atoms with E-state index < -0.39 is 5.97 Å². The largest absolute Gasteiger partial charge is 0.477 e. The molecule has 1 saturated heterocycles. The molecule has 1 aliphatic rings. The van der Waals surface area contributed by atoms with Gasteiger partial charge in [-0.3, -0.25) is 4.90 Å². The maximum Gasteiger partial charge on any atom is 0.346 e. The van der Waals surface area contributed by atoms with Crippen LogP contribution in [0.25, 0.3) is 0 Å². The molecule has 0 aliphatic carbocycles. The molecule has 1 aromatic heterocycles. The normalized spacial score (nSPS) is 25.2. The number of hydrogen-bond acceptors (Lipinski definition) is 5. The highest BCUT2D eigenvalue weighted by molar-refractivity contribution is 7.12. The van der Waals surface area contributed by atoms with E-state index in [4.69, 9.17) is 14.9 Å². The van der Waals surface area contributed by atoms with Gasteiger partial charge in [0.15, 0.2) is 0 Å². The van der Waals surface area contributed by atoms with Crippen LogP contribution >= 0.6 is 11.3 Å². The van der Waals surface area contributed by atoms with Crippen LogP contribution in [0.4, 0.5) is 0 Å². The first-order valence-corrected chi connectivity index (χ1v) is 6.76. The van der Waals surface area contributed by atoms with Crippen molar-refractivity contribution < 1.29 is 19.7 Å². The number of thiophene rings is 1. The molecule has 0 aromatic carbocycles. The SMILES string of the molecule is CC1CN(Cc2ccsc2C(=O)O)CC(CO)O1. The lowest BCUT2D eigenvalue weighted by atomic mass is 10.2. The minimum absolute atomic E-state index is 0.00371. The minimum atomic E-state index is -0.875. The Kier molecular flexibility index (Phi) is 4.34. The number of aliphatic hydroxyl groups excluding tert-OH is 1. The first-order valence-electron chi connectivity index (χ1n) is 5.88. The van der Waals surface area contributed by atoms with Crippen LogP contribution in [0.5, 0.6) is 0 Å². The predicted molar refractivity (Wildman–Crippen MR) is 68.0 cm³/mol. The standard InChI is InChI=1S/C12H17NO4S/c1-8-4-13(6-10(7-14)17-8)5-9-2-3-18-11(9)12(15)16/h2-3,8,10,14H,4-7H2,1H3,(H,15,16). The van der Waals surface area contributed by atoms with Crippen LogP contribution in [0, 0.1) is 0 Å². The topological polar surface area (TPSA) is 70.0 Å². The van der Waals surface area contributed by atoms with Gasteiger partial charge >= 0.3 is 5.97 Å². The summed E-state index contributed by atoms with van der Waals surface area (Å²) in [4.78, 5) is 13.6. The molecule has 2 heterocycles. The summed E-state index contributed by atoms with van der Waals surface area (Å²) in [5, 5.41) is 20.0. The average molecular weight is 271 g/mol. The van der Waals surface area contributed by atoms with E-state index >= 15 is 0 Å². The van der Waals surface area contributed by atoms with Gasteiger partial charge in [-0.2, -0.15) is 0 Å². The van der Waals surface area contributed by atoms with E-state index in [0.717, 1.165) is 12.1 Å². The van der Waals surface area contributed by atoms with Gasteiger partial charge in [0.1, 0.15) is 4.88 Å². The molecule has 2 N–H and O–H groups in total. The van der Waals surface area contributed by atoms with E-state index in [1.807, 2.05) is 13.0 Å². The molecule has 1 fully saturated rings. The summed E-state index contributed by atoms with van der Waals surface area (Å²) in [5.41, 5.74) is 0.832. The number of aliphatic hydroxyl groups is 1. The van der Waals surface area contributed by atoms with Crippen LogP contribution < -0.4 is 0 Å². The molecular weight excluding hydrogens is 254 g/mol. The van der Waals surface area contributed by atoms with E-state index in [9.17, 15) is 4.79 Å². The van der Waals surface area contributed by atoms with Crippen LogP contribution in [-0.2, 0) is 11.3 Å². The Morgan fingerprint density at radius 3 is 3.06 bits per heavy atom. The summed E-state index contributed by atoms with van der Waals surface area (Å²) in [5.74, 6) is -0.875. The number of morpholine rings is 1. The van der Waals surface area contributed by atoms with Crippen LogP contribution in [0.2, 0.25) is 0 Å². The molecule has 2 unspecified atom stereocenters. The van der Waals surface area contributed by atoms with Crippen molar-refractivity contribution in [3.63, 3.8) is 0 Å². The van der Waals surface area contributed by atoms with Crippen molar-refractivity contribution in [2.45, 2.75) is 25.7 Å². The molecule has 2 rings (SSSR count). The van der Waals surface area contributed by atoms with Gasteiger partial charge in [-0.25, -0.2) is 4.79 Å². The van der Waals surface area contributed by atoms with Gasteiger partial charge in [0.2, 0.25) is 0 Å². The summed E-state index contributed by atoms with van der Waals surface area (Å²) in [6.45, 7) is 3.94. The third-order valence-electron chi connectivity index (χ3n) is 2.94. The van der Waals surface area contributed by atoms with Crippen molar-refractivity contribution in [3.05, 3.63) is 21.9 Å². The van der Waals surface area contributed by atoms with Crippen LogP contribution in [0.1, 0.15) is 22.2 Å². The van der Waals surface area contributed by atoms with Crippen molar-refractivity contribution in [3.8, 4) is 0 Å². The molecule has 1 aliphatic heterocycles. The molecule has 2 atom stereocenters. The maximum atomic E-state index is 11.0. The predicted octanol–water partition coefficient (Wildman–Crippen LogP) is 1.03. The van der Waals surface area contributed by atoms with Gasteiger partial charge in [0.25, 0.3) is 0 Å². The Labute approximate surface area is 110 Å². The maximum absolute atomic E-state index is 11.0. The number of carboxylic acid groups (broad SMARTS) is 1. The molecule has 18 heavy (non-hydrogen) atoms. The second-order valence-corrected chi connectivity index (χ2v) is 5.44. The lowest BCUT2D eigenvalue weighted by Crippen LogP contribution is -2.47. The Hall–Kier alpha value is -0.950. The average Bonchev–Trinajstić information content (AvgIpc) is 2.76. The van der Waals surface area contributed by atoms with Gasteiger partial charge in [0, 0.05) is 19.6 Å². The first kappa shape index (κ1) is 13.5. The fraction of sp³-hybridized carbons (Fsp3) is 0.583. The van der Waals surface area contributed by atoms with Gasteiger partial charge in [0.05, 0.1) is 18.8 Å². The highest BCUT2D eigenvalue weighted by Gasteiger charge is 2.25. The lowest BCUT2D eigenvalue weighted by Gasteiger charge is -2.36. The minimum Gasteiger partial charge on any atom is -0.477 e. The molecule has 0 spiro atoms. The van der Waals surface area contributed by atoms with Crippen molar-refractivity contribution in [1.29, 1.82) is 0 Å². The van der Waals surface area contributed by atoms with Crippen molar-refractivity contribution in [2.24, 2.45) is 0 Å². The van der Waals surface area contributed by atoms with Crippen LogP contribution in [0.3, 0.4) is 0 Å². The Morgan fingerprint density at radius 2 is 2.39 bits per heavy atom. The molecule has 100 valence electrons. The fourth-order valence-electron chi connectivity index (χ4n) is 2.26. The number of hydrogen-bond donors (Lipinski definition) is 2. The summed E-state index contributed by atoms with van der Waals surface area (Å²) < 4.78 is 5.56. The number of ether oxygens (including phenoxy) is 1. The molecule has 1 aromatic rings. The van der Waals surface area contributed by atoms with Crippen molar-refractivity contribution in [1.82, 2.24) is 4.90 Å². The molecule has 0 radical (unpaired) electrons. The number of carbonyl (C=O) groups is 1. The summed E-state index contributed by atoms with van der Waals surface area (Å²) in [7, 11) is 0. The van der Waals surface area contributed by atoms with Gasteiger partial charge < -0.3 is 14.9 Å². The molecule has 0 saturated carbocycles. The first-order chi connectivity index (χ1) is 8.60. The zero-order chi connectivity index (χ0) is 13.1. The molecule has 6 heteroatoms. The third-order valence-corrected chi connectivity index (χ3v) is 3.89. The zero-order valence-electron chi connectivity index (χ0n) is 10.2. The fourth-order valence-corrected chi connectivity index (χ4v) is 3.01. The Morgan fingerprint density at radius 1 is 1.61 bits per heavy atom. The van der Waals surface area contributed by atoms with E-state index in [-0.39, 0.29) is 18.8 Å². The smallest absolute Gasteiger partial charge is 0.346 e. The summed E-state index contributed by atoms with van der Waals surface area (Å²) in [6.07, 6.45) is -0.122. The molecule has 5 nitrogen and oxygen atoms in total. The van der Waals surface area contributed by atoms with Crippen molar-refractivity contribution >= 4 is 17.3 Å². The highest BCUT2D eigenvalue weighted by atomic mass is 32.1. The Bertz CT molecular complexity index is 420. The van der Waals surface area contributed by atoms with E-state index in [0.29, 0.717) is 18.0 Å². The van der Waals surface area contributed by atoms with E-state index in [1.54, 1.807) is 5.38 Å². The number of aromatic carboxylic acids is 1. The second kappa shape index (κ2) is 5.79. The van der Waals surface area contributed by atoms with E-state index in [2.05, 4.69) is 4.90 Å². The second-order valence-electron chi connectivity index (χ2n) is 4.53. The third kappa shape index (κ3) is 3.08. The lowest BCUT2D eigenvalue weighted by molar-refractivity contribution is -0.0972. The van der Waals surface area contributed by atoms with Gasteiger partial charge in [-0.15, -0.1) is 11.3 Å². The number of rotatable bonds is 4. The van der Waals surface area contributed by atoms with Crippen LogP contribution in [0.15, 0.2) is 11.4 Å². The van der Waals surface area contributed by atoms with Crippen molar-refractivity contribution in [2.75, 3.05) is 19.7 Å². The Balaban J connectivity index is 2.04. The molecule has 0 amide bonds. The summed E-state index contributed by atoms with van der Waals surface area (Å²) in [6, 6.07) is 1.85. The monoisotopic (exact) mass is 271 g/mol. The number of nitrogens with zero attached hydrogens (tertiary/aromatic N) is 1. The quantitative estimate of drug-likeness (QED) is 0.856.